The van der Waals surface area contributed by atoms with Crippen LogP contribution in [-0.2, 0) is 9.59 Å². The van der Waals surface area contributed by atoms with Crippen LogP contribution in [-0.4, -0.2) is 46.9 Å². The van der Waals surface area contributed by atoms with E-state index in [9.17, 15) is 14.4 Å². The molecule has 6 heteroatoms. The van der Waals surface area contributed by atoms with Crippen molar-refractivity contribution in [2.45, 2.75) is 38.6 Å². The minimum absolute atomic E-state index is 0.0869. The maximum absolute atomic E-state index is 11.7. The molecule has 0 bridgehead atoms. The predicted octanol–water partition coefficient (Wildman–Crippen LogP) is 0.614. The third-order valence-corrected chi connectivity index (χ3v) is 2.78. The molecule has 2 amide bonds. The highest BCUT2D eigenvalue weighted by molar-refractivity contribution is 5.83. The van der Waals surface area contributed by atoms with Gasteiger partial charge < -0.3 is 20.1 Å². The number of likely N-dealkylation sites (tertiary alicyclic amines) is 1. The fourth-order valence-electron chi connectivity index (χ4n) is 1.90. The standard InChI is InChI=1S/C11H18N2O4/c1-8(14)4-2-6-12-11(17)13-7-3-5-9(13)10(15)16/h9H,2-7H2,1H3,(H,12,17)(H,15,16). The van der Waals surface area contributed by atoms with Crippen molar-refractivity contribution in [2.75, 3.05) is 13.1 Å². The van der Waals surface area contributed by atoms with Gasteiger partial charge in [-0.3, -0.25) is 0 Å². The molecule has 1 aliphatic rings. The molecule has 2 N–H and O–H groups in total. The van der Waals surface area contributed by atoms with Crippen LogP contribution < -0.4 is 5.32 Å². The van der Waals surface area contributed by atoms with E-state index in [2.05, 4.69) is 5.32 Å². The van der Waals surface area contributed by atoms with Crippen LogP contribution in [0.2, 0.25) is 0 Å². The summed E-state index contributed by atoms with van der Waals surface area (Å²) >= 11 is 0. The van der Waals surface area contributed by atoms with Gasteiger partial charge in [-0.25, -0.2) is 9.59 Å². The lowest BCUT2D eigenvalue weighted by Gasteiger charge is -2.21. The number of hydrogen-bond donors (Lipinski definition) is 2. The third kappa shape index (κ3) is 4.05. The van der Waals surface area contributed by atoms with Gasteiger partial charge in [0.05, 0.1) is 0 Å². The molecule has 96 valence electrons. The number of nitrogens with one attached hydrogen (secondary N) is 1. The molecular formula is C11H18N2O4. The minimum Gasteiger partial charge on any atom is -0.480 e. The molecule has 17 heavy (non-hydrogen) atoms. The van der Waals surface area contributed by atoms with Crippen molar-refractivity contribution in [3.8, 4) is 0 Å². The van der Waals surface area contributed by atoms with E-state index < -0.39 is 12.0 Å². The van der Waals surface area contributed by atoms with Crippen molar-refractivity contribution in [3.63, 3.8) is 0 Å². The Morgan fingerprint density at radius 1 is 1.41 bits per heavy atom. The second-order valence-corrected chi connectivity index (χ2v) is 4.23. The third-order valence-electron chi connectivity index (χ3n) is 2.78. The largest absolute Gasteiger partial charge is 0.480 e. The summed E-state index contributed by atoms with van der Waals surface area (Å²) in [4.78, 5) is 34.6. The SMILES string of the molecule is CC(=O)CCCNC(=O)N1CCCC1C(=O)O. The van der Waals surface area contributed by atoms with Crippen LogP contribution in [0.5, 0.6) is 0 Å². The number of aliphatic carboxylic acids is 1. The number of ketones is 1. The summed E-state index contributed by atoms with van der Waals surface area (Å²) in [5.74, 6) is -0.870. The van der Waals surface area contributed by atoms with E-state index in [1.807, 2.05) is 0 Å². The van der Waals surface area contributed by atoms with E-state index >= 15 is 0 Å². The summed E-state index contributed by atoms with van der Waals surface area (Å²) in [7, 11) is 0. The summed E-state index contributed by atoms with van der Waals surface area (Å²) in [6.45, 7) is 2.39. The van der Waals surface area contributed by atoms with Gasteiger partial charge in [-0.2, -0.15) is 0 Å². The second-order valence-electron chi connectivity index (χ2n) is 4.23. The molecule has 1 fully saturated rings. The molecule has 0 aliphatic carbocycles. The summed E-state index contributed by atoms with van der Waals surface area (Å²) < 4.78 is 0. The zero-order chi connectivity index (χ0) is 12.8. The molecule has 1 saturated heterocycles. The van der Waals surface area contributed by atoms with Crippen molar-refractivity contribution in [1.29, 1.82) is 0 Å². The van der Waals surface area contributed by atoms with Gasteiger partial charge in [-0.15, -0.1) is 0 Å². The molecule has 0 radical (unpaired) electrons. The van der Waals surface area contributed by atoms with Crippen LogP contribution in [0, 0.1) is 0 Å². The molecular weight excluding hydrogens is 224 g/mol. The number of carboxylic acids is 1. The number of hydrogen-bond acceptors (Lipinski definition) is 3. The van der Waals surface area contributed by atoms with E-state index in [1.165, 1.54) is 11.8 Å². The Balaban J connectivity index is 2.32. The van der Waals surface area contributed by atoms with Crippen molar-refractivity contribution in [1.82, 2.24) is 10.2 Å². The molecule has 0 aromatic rings. The topological polar surface area (TPSA) is 86.7 Å². The maximum Gasteiger partial charge on any atom is 0.326 e. The number of carbonyl (C=O) groups is 3. The van der Waals surface area contributed by atoms with E-state index in [1.54, 1.807) is 0 Å². The number of rotatable bonds is 5. The number of nitrogens with zero attached hydrogens (tertiary/aromatic N) is 1. The highest BCUT2D eigenvalue weighted by Gasteiger charge is 2.33. The molecule has 0 spiro atoms. The highest BCUT2D eigenvalue weighted by Crippen LogP contribution is 2.17. The van der Waals surface area contributed by atoms with Gasteiger partial charge in [0.15, 0.2) is 0 Å². The Kier molecular flexibility index (Phi) is 4.93. The van der Waals surface area contributed by atoms with Crippen LogP contribution in [0.4, 0.5) is 4.79 Å². The number of amides is 2. The van der Waals surface area contributed by atoms with Crippen LogP contribution >= 0.6 is 0 Å². The van der Waals surface area contributed by atoms with Gasteiger partial charge >= 0.3 is 12.0 Å². The van der Waals surface area contributed by atoms with Crippen LogP contribution in [0.1, 0.15) is 32.6 Å². The normalized spacial score (nSPS) is 19.1. The quantitative estimate of drug-likeness (QED) is 0.692. The molecule has 1 aliphatic heterocycles. The van der Waals surface area contributed by atoms with E-state index in [0.29, 0.717) is 32.4 Å². The number of carbonyl (C=O) groups excluding carboxylic acids is 2. The molecule has 1 atom stereocenters. The smallest absolute Gasteiger partial charge is 0.326 e. The van der Waals surface area contributed by atoms with Crippen molar-refractivity contribution >= 4 is 17.8 Å². The lowest BCUT2D eigenvalue weighted by atomic mass is 10.2. The molecule has 0 aromatic carbocycles. The zero-order valence-electron chi connectivity index (χ0n) is 9.94. The van der Waals surface area contributed by atoms with Gasteiger partial charge in [0.1, 0.15) is 11.8 Å². The van der Waals surface area contributed by atoms with E-state index in [4.69, 9.17) is 5.11 Å². The Morgan fingerprint density at radius 3 is 2.71 bits per heavy atom. The highest BCUT2D eigenvalue weighted by atomic mass is 16.4. The average molecular weight is 242 g/mol. The Hall–Kier alpha value is -1.59. The Bertz CT molecular complexity index is 317. The zero-order valence-corrected chi connectivity index (χ0v) is 9.94. The van der Waals surface area contributed by atoms with Gasteiger partial charge in [0.25, 0.3) is 0 Å². The van der Waals surface area contributed by atoms with Crippen LogP contribution in [0.15, 0.2) is 0 Å². The Morgan fingerprint density at radius 2 is 2.12 bits per heavy atom. The van der Waals surface area contributed by atoms with E-state index in [0.717, 1.165) is 6.42 Å². The lowest BCUT2D eigenvalue weighted by Crippen LogP contribution is -2.46. The summed E-state index contributed by atoms with van der Waals surface area (Å²) in [5.41, 5.74) is 0. The van der Waals surface area contributed by atoms with Crippen LogP contribution in [0.25, 0.3) is 0 Å². The molecule has 1 unspecified atom stereocenters. The predicted molar refractivity (Wildman–Crippen MR) is 60.7 cm³/mol. The molecule has 6 nitrogen and oxygen atoms in total. The number of carboxylic acid groups (broad SMARTS) is 1. The maximum atomic E-state index is 11.7. The van der Waals surface area contributed by atoms with Gasteiger partial charge in [-0.05, 0) is 26.2 Å². The summed E-state index contributed by atoms with van der Waals surface area (Å²) in [6, 6.07) is -1.05. The van der Waals surface area contributed by atoms with Crippen molar-refractivity contribution < 1.29 is 19.5 Å². The molecule has 1 heterocycles. The number of urea groups is 1. The summed E-state index contributed by atoms with van der Waals surface area (Å²) in [6.07, 6.45) is 2.25. The second kappa shape index (κ2) is 6.22. The molecule has 0 aromatic heterocycles. The average Bonchev–Trinajstić information content (AvgIpc) is 2.72. The lowest BCUT2D eigenvalue weighted by molar-refractivity contribution is -0.141. The first kappa shape index (κ1) is 13.5. The minimum atomic E-state index is -0.957. The Labute approximate surface area is 100.0 Å². The molecule has 0 saturated carbocycles. The van der Waals surface area contributed by atoms with Gasteiger partial charge in [0, 0.05) is 19.5 Å². The first-order chi connectivity index (χ1) is 8.02. The first-order valence-electron chi connectivity index (χ1n) is 5.79. The van der Waals surface area contributed by atoms with Crippen molar-refractivity contribution in [2.24, 2.45) is 0 Å². The number of Topliss-reactive ketones (excluding diaryl/α,β-unsaturated/α-hetero) is 1. The van der Waals surface area contributed by atoms with Crippen molar-refractivity contribution in [3.05, 3.63) is 0 Å². The monoisotopic (exact) mass is 242 g/mol. The molecule has 1 rings (SSSR count). The van der Waals surface area contributed by atoms with Crippen LogP contribution in [0.3, 0.4) is 0 Å². The van der Waals surface area contributed by atoms with Gasteiger partial charge in [0.2, 0.25) is 0 Å². The van der Waals surface area contributed by atoms with E-state index in [-0.39, 0.29) is 11.8 Å². The summed E-state index contributed by atoms with van der Waals surface area (Å²) in [5, 5.41) is 11.5. The fourth-order valence-corrected chi connectivity index (χ4v) is 1.90. The fraction of sp³-hybridized carbons (Fsp3) is 0.727. The van der Waals surface area contributed by atoms with Gasteiger partial charge in [-0.1, -0.05) is 0 Å². The first-order valence-corrected chi connectivity index (χ1v) is 5.79.